The predicted molar refractivity (Wildman–Crippen MR) is 92.3 cm³/mol. The quantitative estimate of drug-likeness (QED) is 0.460. The third-order valence-electron chi connectivity index (χ3n) is 3.20. The lowest BCUT2D eigenvalue weighted by Gasteiger charge is -2.09. The number of ether oxygens (including phenoxy) is 1. The highest BCUT2D eigenvalue weighted by atomic mass is 32.2. The zero-order valence-corrected chi connectivity index (χ0v) is 14.1. The summed E-state index contributed by atoms with van der Waals surface area (Å²) in [6, 6.07) is 13.8. The third kappa shape index (κ3) is 5.00. The topological polar surface area (TPSA) is 116 Å². The van der Waals surface area contributed by atoms with Gasteiger partial charge < -0.3 is 10.1 Å². The van der Waals surface area contributed by atoms with Crippen LogP contribution in [0.15, 0.2) is 71.3 Å². The van der Waals surface area contributed by atoms with Crippen molar-refractivity contribution in [1.82, 2.24) is 0 Å². The number of esters is 1. The van der Waals surface area contributed by atoms with E-state index in [1.807, 2.05) is 0 Å². The first-order valence-electron chi connectivity index (χ1n) is 7.10. The van der Waals surface area contributed by atoms with Gasteiger partial charge in [-0.05, 0) is 24.3 Å². The summed E-state index contributed by atoms with van der Waals surface area (Å²) in [5.41, 5.74) is 0.722. The van der Waals surface area contributed by atoms with Crippen LogP contribution in [0.2, 0.25) is 0 Å². The molecule has 0 spiro atoms. The number of benzene rings is 2. The number of sulfonamides is 1. The highest BCUT2D eigenvalue weighted by molar-refractivity contribution is 7.89. The fourth-order valence-electron chi connectivity index (χ4n) is 1.96. The Balaban J connectivity index is 2.28. The monoisotopic (exact) mass is 360 g/mol. The van der Waals surface area contributed by atoms with Gasteiger partial charge in [0.05, 0.1) is 12.0 Å². The lowest BCUT2D eigenvalue weighted by atomic mass is 10.1. The van der Waals surface area contributed by atoms with Crippen molar-refractivity contribution in [3.8, 4) is 0 Å². The molecule has 0 amide bonds. The number of hydrogen-bond acceptors (Lipinski definition) is 6. The molecule has 2 rings (SSSR count). The molecule has 0 unspecified atom stereocenters. The minimum atomic E-state index is -3.81. The fourth-order valence-corrected chi connectivity index (χ4v) is 2.47. The second-order valence-electron chi connectivity index (χ2n) is 4.97. The number of anilines is 1. The number of methoxy groups -OCH3 is 1. The number of hydrogen-bond donors (Lipinski definition) is 2. The van der Waals surface area contributed by atoms with Crippen LogP contribution in [0.25, 0.3) is 0 Å². The molecule has 3 N–H and O–H groups in total. The van der Waals surface area contributed by atoms with Crippen LogP contribution < -0.4 is 10.5 Å². The number of nitrogens with two attached hydrogens (primary N) is 1. The first kappa shape index (κ1) is 18.4. The van der Waals surface area contributed by atoms with E-state index in [0.29, 0.717) is 11.3 Å². The van der Waals surface area contributed by atoms with Crippen LogP contribution in [0.4, 0.5) is 5.69 Å². The Morgan fingerprint density at radius 3 is 2.16 bits per heavy atom. The number of carbonyl (C=O) groups excluding carboxylic acids is 2. The third-order valence-corrected chi connectivity index (χ3v) is 4.13. The van der Waals surface area contributed by atoms with E-state index in [0.717, 1.165) is 6.08 Å². The van der Waals surface area contributed by atoms with E-state index in [4.69, 9.17) is 5.14 Å². The summed E-state index contributed by atoms with van der Waals surface area (Å²) in [4.78, 5) is 24.1. The first-order chi connectivity index (χ1) is 11.8. The second-order valence-corrected chi connectivity index (χ2v) is 6.54. The van der Waals surface area contributed by atoms with Crippen LogP contribution >= 0.6 is 0 Å². The molecule has 25 heavy (non-hydrogen) atoms. The molecule has 0 atom stereocenters. The maximum atomic E-state index is 12.2. The molecule has 0 radical (unpaired) electrons. The van der Waals surface area contributed by atoms with Crippen molar-refractivity contribution in [2.75, 3.05) is 12.4 Å². The van der Waals surface area contributed by atoms with Gasteiger partial charge in [-0.1, -0.05) is 30.3 Å². The normalized spacial score (nSPS) is 11.7. The van der Waals surface area contributed by atoms with E-state index < -0.39 is 16.0 Å². The van der Waals surface area contributed by atoms with Gasteiger partial charge in [0, 0.05) is 17.3 Å². The van der Waals surface area contributed by atoms with Crippen LogP contribution in [0.5, 0.6) is 0 Å². The summed E-state index contributed by atoms with van der Waals surface area (Å²) in [6.07, 6.45) is 1.12. The predicted octanol–water partition coefficient (Wildman–Crippen LogP) is 1.69. The largest absolute Gasteiger partial charge is 0.464 e. The van der Waals surface area contributed by atoms with Crippen molar-refractivity contribution < 1.29 is 22.7 Å². The van der Waals surface area contributed by atoms with Crippen molar-refractivity contribution >= 4 is 27.5 Å². The van der Waals surface area contributed by atoms with E-state index in [1.165, 1.54) is 31.4 Å². The molecule has 0 aromatic heterocycles. The number of allylic oxidation sites excluding steroid dienone is 1. The SMILES string of the molecule is COC(=O)/C(=C/C(=O)c1ccccc1)Nc1ccc(S(N)(=O)=O)cc1. The van der Waals surface area contributed by atoms with Crippen molar-refractivity contribution in [1.29, 1.82) is 0 Å². The maximum absolute atomic E-state index is 12.2. The molecular formula is C17H16N2O5S. The van der Waals surface area contributed by atoms with Gasteiger partial charge in [0.25, 0.3) is 0 Å². The molecule has 7 nitrogen and oxygen atoms in total. The van der Waals surface area contributed by atoms with Crippen LogP contribution in [0, 0.1) is 0 Å². The van der Waals surface area contributed by atoms with Gasteiger partial charge in [-0.2, -0.15) is 0 Å². The Morgan fingerprint density at radius 1 is 1.04 bits per heavy atom. The molecular weight excluding hydrogens is 344 g/mol. The zero-order chi connectivity index (χ0) is 18.4. The molecule has 0 saturated heterocycles. The van der Waals surface area contributed by atoms with Gasteiger partial charge >= 0.3 is 5.97 Å². The molecule has 0 aliphatic heterocycles. The lowest BCUT2D eigenvalue weighted by molar-refractivity contribution is -0.135. The van der Waals surface area contributed by atoms with Crippen molar-refractivity contribution in [2.24, 2.45) is 5.14 Å². The van der Waals surface area contributed by atoms with Crippen molar-refractivity contribution in [2.45, 2.75) is 4.90 Å². The Kier molecular flexibility index (Phi) is 5.68. The zero-order valence-electron chi connectivity index (χ0n) is 13.3. The van der Waals surface area contributed by atoms with E-state index in [-0.39, 0.29) is 16.4 Å². The van der Waals surface area contributed by atoms with Crippen LogP contribution in [0.3, 0.4) is 0 Å². The molecule has 0 saturated carbocycles. The number of nitrogens with one attached hydrogen (secondary N) is 1. The van der Waals surface area contributed by atoms with E-state index in [2.05, 4.69) is 10.1 Å². The Labute approximate surface area is 145 Å². The molecule has 0 heterocycles. The highest BCUT2D eigenvalue weighted by Gasteiger charge is 2.14. The van der Waals surface area contributed by atoms with E-state index >= 15 is 0 Å². The summed E-state index contributed by atoms with van der Waals surface area (Å²) in [7, 11) is -2.62. The molecule has 130 valence electrons. The molecule has 2 aromatic carbocycles. The molecule has 8 heteroatoms. The van der Waals surface area contributed by atoms with Gasteiger partial charge in [-0.3, -0.25) is 4.79 Å². The van der Waals surface area contributed by atoms with E-state index in [1.54, 1.807) is 30.3 Å². The van der Waals surface area contributed by atoms with Crippen molar-refractivity contribution in [3.63, 3.8) is 0 Å². The first-order valence-corrected chi connectivity index (χ1v) is 8.65. The number of ketones is 1. The smallest absolute Gasteiger partial charge is 0.354 e. The Morgan fingerprint density at radius 2 is 1.64 bits per heavy atom. The molecule has 0 fully saturated rings. The number of carbonyl (C=O) groups is 2. The van der Waals surface area contributed by atoms with Gasteiger partial charge in [-0.25, -0.2) is 18.4 Å². The van der Waals surface area contributed by atoms with Gasteiger partial charge in [-0.15, -0.1) is 0 Å². The van der Waals surface area contributed by atoms with Crippen LogP contribution in [-0.4, -0.2) is 27.3 Å². The second kappa shape index (κ2) is 7.73. The summed E-state index contributed by atoms with van der Waals surface area (Å²) in [5, 5.41) is 7.77. The highest BCUT2D eigenvalue weighted by Crippen LogP contribution is 2.16. The number of rotatable bonds is 6. The van der Waals surface area contributed by atoms with E-state index in [9.17, 15) is 18.0 Å². The molecule has 0 aliphatic rings. The van der Waals surface area contributed by atoms with Crippen molar-refractivity contribution in [3.05, 3.63) is 71.9 Å². The minimum Gasteiger partial charge on any atom is -0.464 e. The van der Waals surface area contributed by atoms with Gasteiger partial charge in [0.1, 0.15) is 5.70 Å². The summed E-state index contributed by atoms with van der Waals surface area (Å²) in [5.74, 6) is -1.12. The average molecular weight is 360 g/mol. The maximum Gasteiger partial charge on any atom is 0.354 e. The lowest BCUT2D eigenvalue weighted by Crippen LogP contribution is -2.15. The summed E-state index contributed by atoms with van der Waals surface area (Å²) < 4.78 is 27.2. The Bertz CT molecular complexity index is 904. The molecule has 0 bridgehead atoms. The van der Waals surface area contributed by atoms with Gasteiger partial charge in [0.2, 0.25) is 10.0 Å². The summed E-state index contributed by atoms with van der Waals surface area (Å²) in [6.45, 7) is 0. The number of primary sulfonamides is 1. The Hall–Kier alpha value is -2.97. The van der Waals surface area contributed by atoms with Crippen LogP contribution in [0.1, 0.15) is 10.4 Å². The van der Waals surface area contributed by atoms with Crippen LogP contribution in [-0.2, 0) is 19.6 Å². The average Bonchev–Trinajstić information content (AvgIpc) is 2.60. The fraction of sp³-hybridized carbons (Fsp3) is 0.0588. The minimum absolute atomic E-state index is 0.0676. The van der Waals surface area contributed by atoms with Gasteiger partial charge in [0.15, 0.2) is 5.78 Å². The molecule has 2 aromatic rings. The summed E-state index contributed by atoms with van der Waals surface area (Å²) >= 11 is 0. The standard InChI is InChI=1S/C17H16N2O5S/c1-24-17(21)15(11-16(20)12-5-3-2-4-6-12)19-13-7-9-14(10-8-13)25(18,22)23/h2-11,19H,1H3,(H2,18,22,23)/b15-11-. The molecule has 0 aliphatic carbocycles.